The van der Waals surface area contributed by atoms with E-state index in [1.807, 2.05) is 4.90 Å². The van der Waals surface area contributed by atoms with Crippen molar-refractivity contribution in [3.63, 3.8) is 0 Å². The summed E-state index contributed by atoms with van der Waals surface area (Å²) in [6, 6.07) is 5.26. The Morgan fingerprint density at radius 1 is 1.30 bits per heavy atom. The molecule has 1 amide bonds. The molecule has 0 unspecified atom stereocenters. The molecule has 1 saturated heterocycles. The molecular formula is C18H23NO4. The first-order valence-electron chi connectivity index (χ1n) is 7.72. The van der Waals surface area contributed by atoms with Crippen molar-refractivity contribution in [3.8, 4) is 23.8 Å². The van der Waals surface area contributed by atoms with Crippen molar-refractivity contribution in [1.29, 1.82) is 0 Å². The van der Waals surface area contributed by atoms with Crippen LogP contribution >= 0.6 is 0 Å². The summed E-state index contributed by atoms with van der Waals surface area (Å²) in [7, 11) is 3.14. The molecule has 5 nitrogen and oxygen atoms in total. The minimum absolute atomic E-state index is 0.00695. The van der Waals surface area contributed by atoms with Crippen molar-refractivity contribution < 1.29 is 19.0 Å². The van der Waals surface area contributed by atoms with Gasteiger partial charge in [0.25, 0.3) is 5.91 Å². The Labute approximate surface area is 137 Å². The SMILES string of the molecule is C#CCOCC1CCN(C(=O)c2ccc(OC)cc2OC)CC1. The van der Waals surface area contributed by atoms with Crippen LogP contribution in [0.3, 0.4) is 0 Å². The Morgan fingerprint density at radius 3 is 2.65 bits per heavy atom. The van der Waals surface area contributed by atoms with Gasteiger partial charge in [-0.05, 0) is 30.9 Å². The van der Waals surface area contributed by atoms with Crippen molar-refractivity contribution >= 4 is 5.91 Å². The van der Waals surface area contributed by atoms with E-state index in [0.717, 1.165) is 25.9 Å². The van der Waals surface area contributed by atoms with Gasteiger partial charge in [-0.3, -0.25) is 4.79 Å². The summed E-state index contributed by atoms with van der Waals surface area (Å²) >= 11 is 0. The van der Waals surface area contributed by atoms with Gasteiger partial charge >= 0.3 is 0 Å². The summed E-state index contributed by atoms with van der Waals surface area (Å²) in [6.45, 7) is 2.45. The van der Waals surface area contributed by atoms with E-state index in [4.69, 9.17) is 20.6 Å². The molecule has 0 spiro atoms. The first-order valence-corrected chi connectivity index (χ1v) is 7.72. The molecule has 5 heteroatoms. The second-order valence-corrected chi connectivity index (χ2v) is 5.52. The maximum Gasteiger partial charge on any atom is 0.257 e. The van der Waals surface area contributed by atoms with Crippen molar-refractivity contribution in [2.75, 3.05) is 40.5 Å². The first kappa shape index (κ1) is 17.2. The van der Waals surface area contributed by atoms with Gasteiger partial charge in [-0.25, -0.2) is 0 Å². The average molecular weight is 317 g/mol. The summed E-state index contributed by atoms with van der Waals surface area (Å²) in [5.41, 5.74) is 0.565. The zero-order valence-electron chi connectivity index (χ0n) is 13.7. The number of hydrogen-bond acceptors (Lipinski definition) is 4. The van der Waals surface area contributed by atoms with E-state index in [9.17, 15) is 4.79 Å². The number of benzene rings is 1. The quantitative estimate of drug-likeness (QED) is 0.596. The van der Waals surface area contributed by atoms with E-state index >= 15 is 0 Å². The van der Waals surface area contributed by atoms with Gasteiger partial charge in [-0.2, -0.15) is 0 Å². The zero-order valence-corrected chi connectivity index (χ0v) is 13.7. The number of terminal acetylenes is 1. The fraction of sp³-hybridized carbons (Fsp3) is 0.500. The highest BCUT2D eigenvalue weighted by atomic mass is 16.5. The van der Waals surface area contributed by atoms with Crippen molar-refractivity contribution in [2.45, 2.75) is 12.8 Å². The fourth-order valence-electron chi connectivity index (χ4n) is 2.73. The molecule has 2 rings (SSSR count). The van der Waals surface area contributed by atoms with Gasteiger partial charge in [0.05, 0.1) is 26.4 Å². The number of hydrogen-bond donors (Lipinski definition) is 0. The predicted octanol–water partition coefficient (Wildman–Crippen LogP) is 2.21. The number of methoxy groups -OCH3 is 2. The lowest BCUT2D eigenvalue weighted by molar-refractivity contribution is 0.0579. The van der Waals surface area contributed by atoms with Gasteiger partial charge in [-0.15, -0.1) is 6.42 Å². The summed E-state index contributed by atoms with van der Waals surface area (Å²) in [5, 5.41) is 0. The molecule has 1 aliphatic heterocycles. The highest BCUT2D eigenvalue weighted by molar-refractivity contribution is 5.97. The first-order chi connectivity index (χ1) is 11.2. The standard InChI is InChI=1S/C18H23NO4/c1-4-11-23-13-14-7-9-19(10-8-14)18(20)16-6-5-15(21-2)12-17(16)22-3/h1,5-6,12,14H,7-11,13H2,2-3H3. The summed E-state index contributed by atoms with van der Waals surface area (Å²) in [4.78, 5) is 14.6. The van der Waals surface area contributed by atoms with Gasteiger partial charge < -0.3 is 19.1 Å². The molecular weight excluding hydrogens is 294 g/mol. The average Bonchev–Trinajstić information content (AvgIpc) is 2.61. The van der Waals surface area contributed by atoms with E-state index in [0.29, 0.717) is 36.2 Å². The monoisotopic (exact) mass is 317 g/mol. The van der Waals surface area contributed by atoms with E-state index in [1.165, 1.54) is 0 Å². The number of nitrogens with zero attached hydrogens (tertiary/aromatic N) is 1. The Morgan fingerprint density at radius 2 is 2.04 bits per heavy atom. The van der Waals surface area contributed by atoms with Gasteiger partial charge in [0.15, 0.2) is 0 Å². The summed E-state index contributed by atoms with van der Waals surface area (Å²) in [5.74, 6) is 4.13. The lowest BCUT2D eigenvalue weighted by Crippen LogP contribution is -2.39. The fourth-order valence-corrected chi connectivity index (χ4v) is 2.73. The molecule has 1 heterocycles. The third-order valence-corrected chi connectivity index (χ3v) is 4.08. The number of piperidine rings is 1. The summed E-state index contributed by atoms with van der Waals surface area (Å²) < 4.78 is 15.9. The lowest BCUT2D eigenvalue weighted by Gasteiger charge is -2.32. The van der Waals surface area contributed by atoms with Crippen LogP contribution in [0.25, 0.3) is 0 Å². The molecule has 0 radical (unpaired) electrons. The van der Waals surface area contributed by atoms with Crippen LogP contribution < -0.4 is 9.47 Å². The minimum Gasteiger partial charge on any atom is -0.497 e. The number of carbonyl (C=O) groups excluding carboxylic acids is 1. The second-order valence-electron chi connectivity index (χ2n) is 5.52. The van der Waals surface area contributed by atoms with E-state index in [2.05, 4.69) is 5.92 Å². The Balaban J connectivity index is 1.96. The molecule has 0 aromatic heterocycles. The van der Waals surface area contributed by atoms with Gasteiger partial charge in [0.1, 0.15) is 18.1 Å². The van der Waals surface area contributed by atoms with Crippen LogP contribution in [-0.2, 0) is 4.74 Å². The van der Waals surface area contributed by atoms with Crippen molar-refractivity contribution in [1.82, 2.24) is 4.90 Å². The molecule has 0 bridgehead atoms. The largest absolute Gasteiger partial charge is 0.497 e. The smallest absolute Gasteiger partial charge is 0.257 e. The maximum absolute atomic E-state index is 12.7. The maximum atomic E-state index is 12.7. The highest BCUT2D eigenvalue weighted by Gasteiger charge is 2.25. The van der Waals surface area contributed by atoms with Crippen molar-refractivity contribution in [2.24, 2.45) is 5.92 Å². The second kappa shape index (κ2) is 8.44. The molecule has 1 fully saturated rings. The molecule has 23 heavy (non-hydrogen) atoms. The van der Waals surface area contributed by atoms with E-state index in [-0.39, 0.29) is 5.91 Å². The minimum atomic E-state index is -0.00695. The Bertz CT molecular complexity index is 571. The molecule has 1 aromatic rings. The number of carbonyl (C=O) groups is 1. The van der Waals surface area contributed by atoms with Gasteiger partial charge in [0, 0.05) is 19.2 Å². The van der Waals surface area contributed by atoms with E-state index < -0.39 is 0 Å². The molecule has 0 atom stereocenters. The Hall–Kier alpha value is -2.19. The Kier molecular flexibility index (Phi) is 6.30. The van der Waals surface area contributed by atoms with Gasteiger partial charge in [-0.1, -0.05) is 5.92 Å². The molecule has 0 saturated carbocycles. The van der Waals surface area contributed by atoms with Crippen LogP contribution in [0.2, 0.25) is 0 Å². The topological polar surface area (TPSA) is 48.0 Å². The molecule has 0 aliphatic carbocycles. The molecule has 124 valence electrons. The summed E-state index contributed by atoms with van der Waals surface area (Å²) in [6.07, 6.45) is 7.02. The number of amides is 1. The third-order valence-electron chi connectivity index (χ3n) is 4.08. The van der Waals surface area contributed by atoms with Crippen LogP contribution in [0.1, 0.15) is 23.2 Å². The van der Waals surface area contributed by atoms with Crippen molar-refractivity contribution in [3.05, 3.63) is 23.8 Å². The van der Waals surface area contributed by atoms with Crippen LogP contribution in [0.4, 0.5) is 0 Å². The van der Waals surface area contributed by atoms with E-state index in [1.54, 1.807) is 32.4 Å². The van der Waals surface area contributed by atoms with Gasteiger partial charge in [0.2, 0.25) is 0 Å². The number of rotatable bonds is 6. The van der Waals surface area contributed by atoms with Crippen LogP contribution in [-0.4, -0.2) is 51.3 Å². The van der Waals surface area contributed by atoms with Crippen LogP contribution in [0.5, 0.6) is 11.5 Å². The number of ether oxygens (including phenoxy) is 3. The zero-order chi connectivity index (χ0) is 16.7. The highest BCUT2D eigenvalue weighted by Crippen LogP contribution is 2.27. The molecule has 0 N–H and O–H groups in total. The normalized spacial score (nSPS) is 15.1. The third kappa shape index (κ3) is 4.40. The van der Waals surface area contributed by atoms with Crippen LogP contribution in [0, 0.1) is 18.3 Å². The molecule has 1 aromatic carbocycles. The lowest BCUT2D eigenvalue weighted by atomic mass is 9.97. The molecule has 1 aliphatic rings. The predicted molar refractivity (Wildman–Crippen MR) is 87.8 cm³/mol. The van der Waals surface area contributed by atoms with Crippen LogP contribution in [0.15, 0.2) is 18.2 Å². The number of likely N-dealkylation sites (tertiary alicyclic amines) is 1.